The van der Waals surface area contributed by atoms with Gasteiger partial charge >= 0.3 is 0 Å². The maximum absolute atomic E-state index is 12.5. The second-order valence-electron chi connectivity index (χ2n) is 7.12. The van der Waals surface area contributed by atoms with Crippen molar-refractivity contribution in [2.24, 2.45) is 13.0 Å². The molecule has 1 fully saturated rings. The Morgan fingerprint density at radius 2 is 1.92 bits per heavy atom. The average molecular weight is 333 g/mol. The number of carbonyl (C=O) groups excluding carboxylic acids is 1. The molecule has 25 heavy (non-hydrogen) atoms. The van der Waals surface area contributed by atoms with Gasteiger partial charge in [0.15, 0.2) is 0 Å². The SMILES string of the molecule is Cn1cc(-c2ccc3cnc(CC(=O)C4CCCCC4)cc3c2)cn1. The minimum absolute atomic E-state index is 0.243. The minimum atomic E-state index is 0.243. The van der Waals surface area contributed by atoms with Crippen LogP contribution in [0.4, 0.5) is 0 Å². The first-order valence-corrected chi connectivity index (χ1v) is 9.09. The number of rotatable bonds is 4. The zero-order chi connectivity index (χ0) is 17.2. The van der Waals surface area contributed by atoms with E-state index in [1.807, 2.05) is 25.6 Å². The molecular formula is C21H23N3O. The predicted molar refractivity (Wildman–Crippen MR) is 99.2 cm³/mol. The van der Waals surface area contributed by atoms with E-state index in [0.717, 1.165) is 40.4 Å². The second-order valence-corrected chi connectivity index (χ2v) is 7.12. The Morgan fingerprint density at radius 3 is 2.68 bits per heavy atom. The van der Waals surface area contributed by atoms with Crippen LogP contribution in [0.25, 0.3) is 21.9 Å². The van der Waals surface area contributed by atoms with E-state index in [9.17, 15) is 4.79 Å². The molecule has 2 heterocycles. The largest absolute Gasteiger partial charge is 0.299 e. The smallest absolute Gasteiger partial charge is 0.141 e. The van der Waals surface area contributed by atoms with E-state index >= 15 is 0 Å². The van der Waals surface area contributed by atoms with Gasteiger partial charge in [-0.25, -0.2) is 0 Å². The van der Waals surface area contributed by atoms with Gasteiger partial charge in [0.2, 0.25) is 0 Å². The van der Waals surface area contributed by atoms with Gasteiger partial charge in [0.05, 0.1) is 6.20 Å². The summed E-state index contributed by atoms with van der Waals surface area (Å²) in [6, 6.07) is 8.39. The lowest BCUT2D eigenvalue weighted by Gasteiger charge is -2.20. The van der Waals surface area contributed by atoms with Crippen LogP contribution < -0.4 is 0 Å². The Hall–Kier alpha value is -2.49. The molecular weight excluding hydrogens is 310 g/mol. The molecule has 128 valence electrons. The van der Waals surface area contributed by atoms with E-state index in [2.05, 4.69) is 34.3 Å². The molecule has 0 saturated heterocycles. The highest BCUT2D eigenvalue weighted by Crippen LogP contribution is 2.27. The molecule has 1 aromatic carbocycles. The van der Waals surface area contributed by atoms with Gasteiger partial charge < -0.3 is 0 Å². The van der Waals surface area contributed by atoms with Crippen molar-refractivity contribution >= 4 is 16.6 Å². The molecule has 0 bridgehead atoms. The number of hydrogen-bond acceptors (Lipinski definition) is 3. The lowest BCUT2D eigenvalue weighted by Crippen LogP contribution is -2.19. The second kappa shape index (κ2) is 6.79. The molecule has 0 atom stereocenters. The summed E-state index contributed by atoms with van der Waals surface area (Å²) in [6.07, 6.45) is 12.0. The highest BCUT2D eigenvalue weighted by Gasteiger charge is 2.21. The summed E-state index contributed by atoms with van der Waals surface area (Å²) in [7, 11) is 1.92. The number of hydrogen-bond donors (Lipinski definition) is 0. The lowest BCUT2D eigenvalue weighted by molar-refractivity contribution is -0.123. The van der Waals surface area contributed by atoms with Gasteiger partial charge in [-0.1, -0.05) is 31.4 Å². The fourth-order valence-electron chi connectivity index (χ4n) is 3.78. The van der Waals surface area contributed by atoms with E-state index in [-0.39, 0.29) is 5.92 Å². The normalized spacial score (nSPS) is 15.6. The van der Waals surface area contributed by atoms with Gasteiger partial charge in [-0.3, -0.25) is 14.5 Å². The zero-order valence-corrected chi connectivity index (χ0v) is 14.6. The van der Waals surface area contributed by atoms with Gasteiger partial charge in [0.1, 0.15) is 5.78 Å². The number of aryl methyl sites for hydroxylation is 1. The summed E-state index contributed by atoms with van der Waals surface area (Å²) in [4.78, 5) is 17.1. The van der Waals surface area contributed by atoms with Crippen LogP contribution in [-0.4, -0.2) is 20.5 Å². The molecule has 1 aliphatic rings. The minimum Gasteiger partial charge on any atom is -0.299 e. The van der Waals surface area contributed by atoms with Crippen LogP contribution >= 0.6 is 0 Å². The maximum Gasteiger partial charge on any atom is 0.141 e. The standard InChI is InChI=1S/C21H23N3O/c1-24-14-19(13-23-24)16-7-8-17-12-22-20(10-18(17)9-16)11-21(25)15-5-3-2-4-6-15/h7-10,12-15H,2-6,11H2,1H3. The molecule has 0 radical (unpaired) electrons. The van der Waals surface area contributed by atoms with Crippen LogP contribution in [-0.2, 0) is 18.3 Å². The van der Waals surface area contributed by atoms with Crippen molar-refractivity contribution in [3.05, 3.63) is 48.5 Å². The Morgan fingerprint density at radius 1 is 1.08 bits per heavy atom. The van der Waals surface area contributed by atoms with E-state index in [0.29, 0.717) is 12.2 Å². The van der Waals surface area contributed by atoms with Crippen LogP contribution in [0.5, 0.6) is 0 Å². The number of fused-ring (bicyclic) bond motifs is 1. The molecule has 0 aliphatic heterocycles. The van der Waals surface area contributed by atoms with Crippen LogP contribution in [0.2, 0.25) is 0 Å². The fraction of sp³-hybridized carbons (Fsp3) is 0.381. The molecule has 4 rings (SSSR count). The maximum atomic E-state index is 12.5. The van der Waals surface area contributed by atoms with Crippen molar-refractivity contribution in [2.75, 3.05) is 0 Å². The number of nitrogens with zero attached hydrogens (tertiary/aromatic N) is 3. The third-order valence-electron chi connectivity index (χ3n) is 5.23. The van der Waals surface area contributed by atoms with Gasteiger partial charge in [-0.05, 0) is 35.9 Å². The number of aromatic nitrogens is 3. The number of pyridine rings is 1. The molecule has 2 aromatic heterocycles. The number of carbonyl (C=O) groups is 1. The Kier molecular flexibility index (Phi) is 4.35. The van der Waals surface area contributed by atoms with Crippen molar-refractivity contribution in [3.63, 3.8) is 0 Å². The molecule has 1 aliphatic carbocycles. The molecule has 0 N–H and O–H groups in total. The van der Waals surface area contributed by atoms with Crippen molar-refractivity contribution in [1.29, 1.82) is 0 Å². The molecule has 0 spiro atoms. The van der Waals surface area contributed by atoms with Gasteiger partial charge in [0.25, 0.3) is 0 Å². The molecule has 0 unspecified atom stereocenters. The fourth-order valence-corrected chi connectivity index (χ4v) is 3.78. The van der Waals surface area contributed by atoms with E-state index in [1.54, 1.807) is 4.68 Å². The summed E-state index contributed by atoms with van der Waals surface area (Å²) in [5.74, 6) is 0.600. The van der Waals surface area contributed by atoms with Crippen molar-refractivity contribution < 1.29 is 4.79 Å². The van der Waals surface area contributed by atoms with Gasteiger partial charge in [-0.15, -0.1) is 0 Å². The summed E-state index contributed by atoms with van der Waals surface area (Å²) in [5.41, 5.74) is 3.11. The van der Waals surface area contributed by atoms with Gasteiger partial charge in [0, 0.05) is 48.4 Å². The molecule has 4 nitrogen and oxygen atoms in total. The molecule has 3 aromatic rings. The van der Waals surface area contributed by atoms with Crippen LogP contribution in [0.1, 0.15) is 37.8 Å². The van der Waals surface area contributed by atoms with Crippen LogP contribution in [0.3, 0.4) is 0 Å². The molecule has 0 amide bonds. The quantitative estimate of drug-likeness (QED) is 0.714. The highest BCUT2D eigenvalue weighted by molar-refractivity contribution is 5.88. The molecule has 1 saturated carbocycles. The summed E-state index contributed by atoms with van der Waals surface area (Å²) in [6.45, 7) is 0. The monoisotopic (exact) mass is 333 g/mol. The van der Waals surface area contributed by atoms with Crippen molar-refractivity contribution in [2.45, 2.75) is 38.5 Å². The molecule has 4 heteroatoms. The first-order valence-electron chi connectivity index (χ1n) is 9.09. The Balaban J connectivity index is 1.59. The first kappa shape index (κ1) is 16.0. The third-order valence-corrected chi connectivity index (χ3v) is 5.23. The van der Waals surface area contributed by atoms with Crippen molar-refractivity contribution in [3.8, 4) is 11.1 Å². The summed E-state index contributed by atoms with van der Waals surface area (Å²) < 4.78 is 1.81. The summed E-state index contributed by atoms with van der Waals surface area (Å²) in [5, 5.41) is 6.47. The predicted octanol–water partition coefficient (Wildman–Crippen LogP) is 4.33. The number of Topliss-reactive ketones (excluding diaryl/α,β-unsaturated/α-hetero) is 1. The van der Waals surface area contributed by atoms with E-state index in [1.165, 1.54) is 19.3 Å². The summed E-state index contributed by atoms with van der Waals surface area (Å²) >= 11 is 0. The lowest BCUT2D eigenvalue weighted by atomic mass is 9.85. The van der Waals surface area contributed by atoms with E-state index in [4.69, 9.17) is 0 Å². The Labute approximate surface area is 147 Å². The number of ketones is 1. The van der Waals surface area contributed by atoms with Crippen molar-refractivity contribution in [1.82, 2.24) is 14.8 Å². The topological polar surface area (TPSA) is 47.8 Å². The van der Waals surface area contributed by atoms with E-state index < -0.39 is 0 Å². The zero-order valence-electron chi connectivity index (χ0n) is 14.6. The highest BCUT2D eigenvalue weighted by atomic mass is 16.1. The number of benzene rings is 1. The van der Waals surface area contributed by atoms with Crippen LogP contribution in [0, 0.1) is 5.92 Å². The third kappa shape index (κ3) is 3.48. The van der Waals surface area contributed by atoms with Crippen LogP contribution in [0.15, 0.2) is 42.9 Å². The Bertz CT molecular complexity index is 906. The first-order chi connectivity index (χ1) is 12.2. The van der Waals surface area contributed by atoms with Gasteiger partial charge in [-0.2, -0.15) is 5.10 Å². The average Bonchev–Trinajstić information content (AvgIpc) is 3.08.